The molecule has 1 rings (SSSR count). The molecule has 0 heterocycles. The lowest BCUT2D eigenvalue weighted by Crippen LogP contribution is -2.24. The van der Waals surface area contributed by atoms with Crippen LogP contribution in [-0.2, 0) is 0 Å². The predicted octanol–water partition coefficient (Wildman–Crippen LogP) is 3.58. The van der Waals surface area contributed by atoms with Gasteiger partial charge in [-0.25, -0.2) is 0 Å². The fourth-order valence-corrected chi connectivity index (χ4v) is 2.81. The van der Waals surface area contributed by atoms with Crippen molar-refractivity contribution >= 4 is 11.8 Å². The summed E-state index contributed by atoms with van der Waals surface area (Å²) in [5.74, 6) is 2.41. The molecule has 1 unspecified atom stereocenters. The van der Waals surface area contributed by atoms with Crippen molar-refractivity contribution in [3.8, 4) is 0 Å². The number of hydrogen-bond donors (Lipinski definition) is 2. The minimum absolute atomic E-state index is 0.261. The average Bonchev–Trinajstić information content (AvgIpc) is 2.43. The van der Waals surface area contributed by atoms with Crippen molar-refractivity contribution in [2.24, 2.45) is 0 Å². The smallest absolute Gasteiger partial charge is 0.0521 e. The van der Waals surface area contributed by atoms with Crippen LogP contribution in [0.2, 0.25) is 0 Å². The van der Waals surface area contributed by atoms with Crippen LogP contribution in [0.3, 0.4) is 0 Å². The van der Waals surface area contributed by atoms with E-state index in [-0.39, 0.29) is 6.61 Å². The van der Waals surface area contributed by atoms with Crippen molar-refractivity contribution in [1.29, 1.82) is 0 Å². The van der Waals surface area contributed by atoms with Gasteiger partial charge in [-0.15, -0.1) is 0 Å². The number of thioether (sulfide) groups is 1. The highest BCUT2D eigenvalue weighted by Crippen LogP contribution is 2.21. The van der Waals surface area contributed by atoms with Crippen LogP contribution in [0.1, 0.15) is 50.3 Å². The van der Waals surface area contributed by atoms with E-state index in [0.717, 1.165) is 24.5 Å². The van der Waals surface area contributed by atoms with E-state index < -0.39 is 0 Å². The van der Waals surface area contributed by atoms with Crippen molar-refractivity contribution < 1.29 is 5.11 Å². The highest BCUT2D eigenvalue weighted by Gasteiger charge is 2.11. The van der Waals surface area contributed by atoms with E-state index >= 15 is 0 Å². The first-order chi connectivity index (χ1) is 9.19. The Kier molecular flexibility index (Phi) is 8.19. The summed E-state index contributed by atoms with van der Waals surface area (Å²) in [6.45, 7) is 7.93. The zero-order chi connectivity index (χ0) is 14.1. The molecule has 1 atom stereocenters. The maximum atomic E-state index is 8.88. The van der Waals surface area contributed by atoms with E-state index in [1.807, 2.05) is 0 Å². The lowest BCUT2D eigenvalue weighted by atomic mass is 9.99. The molecule has 0 amide bonds. The second kappa shape index (κ2) is 9.40. The zero-order valence-corrected chi connectivity index (χ0v) is 13.2. The highest BCUT2D eigenvalue weighted by atomic mass is 32.2. The molecule has 0 aromatic heterocycles. The predicted molar refractivity (Wildman–Crippen MR) is 86.0 cm³/mol. The number of aliphatic hydroxyl groups is 1. The molecule has 0 aliphatic carbocycles. The molecule has 0 saturated heterocycles. The Balaban J connectivity index is 2.66. The molecule has 0 saturated carbocycles. The first-order valence-corrected chi connectivity index (χ1v) is 8.36. The van der Waals surface area contributed by atoms with Crippen LogP contribution in [-0.4, -0.2) is 29.8 Å². The first-order valence-electron chi connectivity index (χ1n) is 7.20. The summed E-state index contributed by atoms with van der Waals surface area (Å²) in [7, 11) is 0. The van der Waals surface area contributed by atoms with Crippen LogP contribution in [0.15, 0.2) is 24.3 Å². The van der Waals surface area contributed by atoms with Crippen molar-refractivity contribution in [3.05, 3.63) is 35.4 Å². The largest absolute Gasteiger partial charge is 0.396 e. The third-order valence-electron chi connectivity index (χ3n) is 3.17. The summed E-state index contributed by atoms with van der Waals surface area (Å²) < 4.78 is 0. The average molecular weight is 281 g/mol. The SMILES string of the molecule is CCCNC(CSCCO)c1ccc(C(C)C)cc1. The Morgan fingerprint density at radius 3 is 2.32 bits per heavy atom. The monoisotopic (exact) mass is 281 g/mol. The molecule has 0 fully saturated rings. The fourth-order valence-electron chi connectivity index (χ4n) is 1.97. The Morgan fingerprint density at radius 2 is 1.79 bits per heavy atom. The number of nitrogens with one attached hydrogen (secondary N) is 1. The minimum atomic E-state index is 0.261. The van der Waals surface area contributed by atoms with Crippen molar-refractivity contribution in [2.45, 2.75) is 39.2 Å². The van der Waals surface area contributed by atoms with Gasteiger partial charge in [-0.3, -0.25) is 0 Å². The van der Waals surface area contributed by atoms with Crippen LogP contribution in [0.5, 0.6) is 0 Å². The molecule has 2 N–H and O–H groups in total. The second-order valence-electron chi connectivity index (χ2n) is 5.13. The van der Waals surface area contributed by atoms with Crippen molar-refractivity contribution in [2.75, 3.05) is 24.7 Å². The topological polar surface area (TPSA) is 32.3 Å². The summed E-state index contributed by atoms with van der Waals surface area (Å²) in [6, 6.07) is 9.33. The molecule has 19 heavy (non-hydrogen) atoms. The summed E-state index contributed by atoms with van der Waals surface area (Å²) in [4.78, 5) is 0. The molecule has 0 spiro atoms. The summed E-state index contributed by atoms with van der Waals surface area (Å²) in [5, 5.41) is 12.5. The highest BCUT2D eigenvalue weighted by molar-refractivity contribution is 7.99. The van der Waals surface area contributed by atoms with Gasteiger partial charge in [0.05, 0.1) is 6.61 Å². The summed E-state index contributed by atoms with van der Waals surface area (Å²) in [6.07, 6.45) is 1.14. The summed E-state index contributed by atoms with van der Waals surface area (Å²) in [5.41, 5.74) is 2.74. The number of hydrogen-bond acceptors (Lipinski definition) is 3. The molecule has 1 aromatic carbocycles. The molecule has 0 bridgehead atoms. The molecule has 3 heteroatoms. The number of benzene rings is 1. The van der Waals surface area contributed by atoms with Crippen molar-refractivity contribution in [1.82, 2.24) is 5.32 Å². The first kappa shape index (κ1) is 16.5. The van der Waals surface area contributed by atoms with Crippen LogP contribution < -0.4 is 5.32 Å². The van der Waals surface area contributed by atoms with Gasteiger partial charge >= 0.3 is 0 Å². The van der Waals surface area contributed by atoms with Gasteiger partial charge in [-0.05, 0) is 30.0 Å². The van der Waals surface area contributed by atoms with Crippen LogP contribution >= 0.6 is 11.8 Å². The van der Waals surface area contributed by atoms with E-state index in [9.17, 15) is 0 Å². The van der Waals surface area contributed by atoms with Gasteiger partial charge < -0.3 is 10.4 Å². The van der Waals surface area contributed by atoms with Gasteiger partial charge in [0.2, 0.25) is 0 Å². The van der Waals surface area contributed by atoms with E-state index in [1.54, 1.807) is 11.8 Å². The lowest BCUT2D eigenvalue weighted by molar-refractivity contribution is 0.322. The molecule has 2 nitrogen and oxygen atoms in total. The Bertz CT molecular complexity index is 337. The molecular weight excluding hydrogens is 254 g/mol. The molecule has 0 radical (unpaired) electrons. The molecule has 0 aliphatic heterocycles. The number of rotatable bonds is 9. The van der Waals surface area contributed by atoms with Crippen molar-refractivity contribution in [3.63, 3.8) is 0 Å². The minimum Gasteiger partial charge on any atom is -0.396 e. The van der Waals surface area contributed by atoms with Gasteiger partial charge in [0.1, 0.15) is 0 Å². The van der Waals surface area contributed by atoms with E-state index in [1.165, 1.54) is 11.1 Å². The van der Waals surface area contributed by atoms with Gasteiger partial charge in [0, 0.05) is 17.5 Å². The third kappa shape index (κ3) is 5.98. The molecule has 1 aromatic rings. The van der Waals surface area contributed by atoms with Crippen LogP contribution in [0.4, 0.5) is 0 Å². The fraction of sp³-hybridized carbons (Fsp3) is 0.625. The maximum absolute atomic E-state index is 8.88. The van der Waals surface area contributed by atoms with E-state index in [0.29, 0.717) is 12.0 Å². The Labute approximate surface area is 122 Å². The Morgan fingerprint density at radius 1 is 1.16 bits per heavy atom. The Hall–Kier alpha value is -0.510. The van der Waals surface area contributed by atoms with Gasteiger partial charge in [-0.2, -0.15) is 11.8 Å². The quantitative estimate of drug-likeness (QED) is 0.679. The molecular formula is C16H27NOS. The molecule has 0 aliphatic rings. The normalized spacial score (nSPS) is 12.9. The standard InChI is InChI=1S/C16H27NOS/c1-4-9-17-16(12-19-11-10-18)15-7-5-14(6-8-15)13(2)3/h5-8,13,16-18H,4,9-12H2,1-3H3. The van der Waals surface area contributed by atoms with Crippen LogP contribution in [0, 0.1) is 0 Å². The molecule has 108 valence electrons. The van der Waals surface area contributed by atoms with Gasteiger partial charge in [0.15, 0.2) is 0 Å². The summed E-state index contributed by atoms with van der Waals surface area (Å²) >= 11 is 1.80. The van der Waals surface area contributed by atoms with Gasteiger partial charge in [0.25, 0.3) is 0 Å². The van der Waals surface area contributed by atoms with E-state index in [4.69, 9.17) is 5.11 Å². The number of aliphatic hydroxyl groups excluding tert-OH is 1. The third-order valence-corrected chi connectivity index (χ3v) is 4.21. The second-order valence-corrected chi connectivity index (χ2v) is 6.28. The van der Waals surface area contributed by atoms with E-state index in [2.05, 4.69) is 50.4 Å². The maximum Gasteiger partial charge on any atom is 0.0521 e. The lowest BCUT2D eigenvalue weighted by Gasteiger charge is -2.19. The zero-order valence-electron chi connectivity index (χ0n) is 12.4. The van der Waals surface area contributed by atoms with Gasteiger partial charge in [-0.1, -0.05) is 45.0 Å². The van der Waals surface area contributed by atoms with Crippen LogP contribution in [0.25, 0.3) is 0 Å².